The molecule has 2 aromatic rings. The topological polar surface area (TPSA) is 25.2 Å². The van der Waals surface area contributed by atoms with Gasteiger partial charge in [0.25, 0.3) is 0 Å². The fourth-order valence-corrected chi connectivity index (χ4v) is 2.95. The van der Waals surface area contributed by atoms with Crippen LogP contribution in [0.25, 0.3) is 11.0 Å². The molecule has 0 saturated carbocycles. The lowest BCUT2D eigenvalue weighted by Crippen LogP contribution is -2.17. The Labute approximate surface area is 125 Å². The summed E-state index contributed by atoms with van der Waals surface area (Å²) in [6.07, 6.45) is 3.74. The number of hydrogen-bond donors (Lipinski definition) is 1. The predicted octanol–water partition coefficient (Wildman–Crippen LogP) is 5.04. The fraction of sp³-hybridized carbons (Fsp3) is 0.385. The van der Waals surface area contributed by atoms with Gasteiger partial charge in [0.1, 0.15) is 0 Å². The predicted molar refractivity (Wildman–Crippen MR) is 80.8 cm³/mol. The number of furan rings is 1. The van der Waals surface area contributed by atoms with Crippen molar-refractivity contribution in [2.75, 3.05) is 13.1 Å². The van der Waals surface area contributed by atoms with Crippen LogP contribution in [0, 0.1) is 0 Å². The van der Waals surface area contributed by atoms with E-state index in [4.69, 9.17) is 27.6 Å². The van der Waals surface area contributed by atoms with Crippen LogP contribution in [0.3, 0.4) is 0 Å². The van der Waals surface area contributed by atoms with Gasteiger partial charge in [-0.15, -0.1) is 0 Å². The van der Waals surface area contributed by atoms with E-state index in [9.17, 15) is 0 Å². The standard InChI is InChI=1S/C13H14BrCl2NO/c1-2-4-17-5-3-8-7-18-13-10(15)6-9(14)12(16)11(8)13/h6-7,17H,2-5H2,1H3. The van der Waals surface area contributed by atoms with Crippen molar-refractivity contribution in [2.24, 2.45) is 0 Å². The monoisotopic (exact) mass is 349 g/mol. The molecule has 0 fully saturated rings. The first kappa shape index (κ1) is 14.2. The van der Waals surface area contributed by atoms with E-state index >= 15 is 0 Å². The van der Waals surface area contributed by atoms with E-state index in [1.165, 1.54) is 0 Å². The van der Waals surface area contributed by atoms with Crippen LogP contribution in [0.5, 0.6) is 0 Å². The molecule has 0 unspecified atom stereocenters. The maximum Gasteiger partial charge on any atom is 0.154 e. The van der Waals surface area contributed by atoms with Gasteiger partial charge in [-0.1, -0.05) is 30.1 Å². The molecule has 0 saturated heterocycles. The second-order valence-corrected chi connectivity index (χ2v) is 5.76. The van der Waals surface area contributed by atoms with Crippen LogP contribution in [0.15, 0.2) is 21.2 Å². The van der Waals surface area contributed by atoms with Crippen molar-refractivity contribution in [1.82, 2.24) is 5.32 Å². The third-order valence-corrected chi connectivity index (χ3v) is 4.29. The first-order chi connectivity index (χ1) is 8.65. The van der Waals surface area contributed by atoms with Crippen molar-refractivity contribution in [3.05, 3.63) is 32.4 Å². The molecule has 0 aliphatic heterocycles. The van der Waals surface area contributed by atoms with Gasteiger partial charge in [-0.2, -0.15) is 0 Å². The van der Waals surface area contributed by atoms with E-state index in [0.29, 0.717) is 15.6 Å². The summed E-state index contributed by atoms with van der Waals surface area (Å²) in [5.41, 5.74) is 1.75. The Balaban J connectivity index is 2.29. The summed E-state index contributed by atoms with van der Waals surface area (Å²) >= 11 is 15.8. The molecule has 1 aromatic heterocycles. The zero-order valence-corrected chi connectivity index (χ0v) is 13.1. The SMILES string of the molecule is CCCNCCc1coc2c(Cl)cc(Br)c(Cl)c12. The zero-order valence-electron chi connectivity index (χ0n) is 10.0. The van der Waals surface area contributed by atoms with Crippen molar-refractivity contribution in [2.45, 2.75) is 19.8 Å². The van der Waals surface area contributed by atoms with Gasteiger partial charge < -0.3 is 9.73 Å². The highest BCUT2D eigenvalue weighted by atomic mass is 79.9. The number of benzene rings is 1. The lowest BCUT2D eigenvalue weighted by atomic mass is 10.1. The molecule has 1 heterocycles. The lowest BCUT2D eigenvalue weighted by Gasteiger charge is -2.04. The summed E-state index contributed by atoms with van der Waals surface area (Å²) in [6.45, 7) is 4.07. The quantitative estimate of drug-likeness (QED) is 0.603. The molecule has 0 atom stereocenters. The largest absolute Gasteiger partial charge is 0.462 e. The molecule has 2 rings (SSSR count). The molecule has 0 aliphatic carbocycles. The molecule has 18 heavy (non-hydrogen) atoms. The van der Waals surface area contributed by atoms with Gasteiger partial charge >= 0.3 is 0 Å². The van der Waals surface area contributed by atoms with Crippen molar-refractivity contribution < 1.29 is 4.42 Å². The summed E-state index contributed by atoms with van der Waals surface area (Å²) in [5, 5.41) is 5.51. The Hall–Kier alpha value is -0.220. The molecule has 98 valence electrons. The number of hydrogen-bond acceptors (Lipinski definition) is 2. The Morgan fingerprint density at radius 1 is 1.33 bits per heavy atom. The van der Waals surface area contributed by atoms with E-state index in [2.05, 4.69) is 28.2 Å². The summed E-state index contributed by atoms with van der Waals surface area (Å²) in [5.74, 6) is 0. The van der Waals surface area contributed by atoms with E-state index in [1.807, 2.05) is 0 Å². The first-order valence-electron chi connectivity index (χ1n) is 5.89. The average Bonchev–Trinajstić information content (AvgIpc) is 2.76. The van der Waals surface area contributed by atoms with Crippen LogP contribution >= 0.6 is 39.1 Å². The smallest absolute Gasteiger partial charge is 0.154 e. The first-order valence-corrected chi connectivity index (χ1v) is 7.44. The second-order valence-electron chi connectivity index (χ2n) is 4.12. The van der Waals surface area contributed by atoms with E-state index < -0.39 is 0 Å². The summed E-state index contributed by atoms with van der Waals surface area (Å²) in [7, 11) is 0. The Bertz CT molecular complexity index is 553. The van der Waals surface area contributed by atoms with Gasteiger partial charge in [0.15, 0.2) is 5.58 Å². The maximum atomic E-state index is 6.30. The van der Waals surface area contributed by atoms with Crippen LogP contribution < -0.4 is 5.32 Å². The molecular formula is C13H14BrCl2NO. The third kappa shape index (κ3) is 2.85. The molecule has 0 amide bonds. The number of nitrogens with one attached hydrogen (secondary N) is 1. The van der Waals surface area contributed by atoms with Crippen LogP contribution in [0.2, 0.25) is 10.0 Å². The molecule has 5 heteroatoms. The van der Waals surface area contributed by atoms with E-state index in [1.54, 1.807) is 12.3 Å². The molecule has 0 bridgehead atoms. The van der Waals surface area contributed by atoms with Crippen LogP contribution in [-0.2, 0) is 6.42 Å². The number of halogens is 3. The summed E-state index contributed by atoms with van der Waals surface area (Å²) in [4.78, 5) is 0. The normalized spacial score (nSPS) is 11.3. The average molecular weight is 351 g/mol. The highest BCUT2D eigenvalue weighted by Gasteiger charge is 2.15. The lowest BCUT2D eigenvalue weighted by molar-refractivity contribution is 0.605. The zero-order chi connectivity index (χ0) is 13.1. The minimum Gasteiger partial charge on any atom is -0.462 e. The van der Waals surface area contributed by atoms with Crippen LogP contribution in [-0.4, -0.2) is 13.1 Å². The molecule has 1 aromatic carbocycles. The third-order valence-electron chi connectivity index (χ3n) is 2.76. The number of fused-ring (bicyclic) bond motifs is 1. The van der Waals surface area contributed by atoms with Crippen molar-refractivity contribution in [1.29, 1.82) is 0 Å². The van der Waals surface area contributed by atoms with Crippen LogP contribution in [0.1, 0.15) is 18.9 Å². The van der Waals surface area contributed by atoms with Crippen molar-refractivity contribution >= 4 is 50.1 Å². The number of rotatable bonds is 5. The second kappa shape index (κ2) is 6.29. The highest BCUT2D eigenvalue weighted by molar-refractivity contribution is 9.10. The van der Waals surface area contributed by atoms with E-state index in [-0.39, 0.29) is 0 Å². The fourth-order valence-electron chi connectivity index (χ4n) is 1.88. The Morgan fingerprint density at radius 3 is 2.83 bits per heavy atom. The minimum absolute atomic E-state index is 0.578. The van der Waals surface area contributed by atoms with E-state index in [0.717, 1.165) is 41.4 Å². The van der Waals surface area contributed by atoms with Gasteiger partial charge in [0, 0.05) is 15.4 Å². The highest BCUT2D eigenvalue weighted by Crippen LogP contribution is 2.39. The van der Waals surface area contributed by atoms with Crippen LogP contribution in [0.4, 0.5) is 0 Å². The van der Waals surface area contributed by atoms with Gasteiger partial charge in [-0.05, 0) is 47.9 Å². The summed E-state index contributed by atoms with van der Waals surface area (Å²) in [6, 6.07) is 1.76. The van der Waals surface area contributed by atoms with Crippen molar-refractivity contribution in [3.63, 3.8) is 0 Å². The molecular weight excluding hydrogens is 337 g/mol. The van der Waals surface area contributed by atoms with Gasteiger partial charge in [-0.25, -0.2) is 0 Å². The molecule has 0 radical (unpaired) electrons. The minimum atomic E-state index is 0.578. The van der Waals surface area contributed by atoms with Gasteiger partial charge in [0.2, 0.25) is 0 Å². The Kier molecular flexibility index (Phi) is 4.96. The maximum absolute atomic E-state index is 6.30. The van der Waals surface area contributed by atoms with Gasteiger partial charge in [0.05, 0.1) is 16.3 Å². The Morgan fingerprint density at radius 2 is 2.11 bits per heavy atom. The molecule has 1 N–H and O–H groups in total. The van der Waals surface area contributed by atoms with Gasteiger partial charge in [-0.3, -0.25) is 0 Å². The molecule has 2 nitrogen and oxygen atoms in total. The van der Waals surface area contributed by atoms with Crippen molar-refractivity contribution in [3.8, 4) is 0 Å². The molecule has 0 aliphatic rings. The summed E-state index contributed by atoms with van der Waals surface area (Å²) < 4.78 is 6.30. The molecule has 0 spiro atoms.